The van der Waals surface area contributed by atoms with Crippen LogP contribution in [-0.2, 0) is 9.53 Å². The van der Waals surface area contributed by atoms with Crippen molar-refractivity contribution in [3.05, 3.63) is 34.9 Å². The number of nitrogens with zero attached hydrogens (tertiary/aromatic N) is 1. The number of morpholine rings is 1. The minimum Gasteiger partial charge on any atom is -0.369 e. The predicted molar refractivity (Wildman–Crippen MR) is 70.4 cm³/mol. The van der Waals surface area contributed by atoms with Crippen molar-refractivity contribution < 1.29 is 9.53 Å². The first-order valence-electron chi connectivity index (χ1n) is 5.99. The molecule has 0 spiro atoms. The topological polar surface area (TPSA) is 55.6 Å². The highest BCUT2D eigenvalue weighted by Gasteiger charge is 2.30. The molecule has 5 heteroatoms. The molecule has 0 saturated carbocycles. The first-order valence-corrected chi connectivity index (χ1v) is 6.37. The standard InChI is InChI=1S/C13H17ClN2O2/c1-9-8-18-12(7-16(9)13(17)6-15)10-4-2-3-5-11(10)14/h2-5,9,12H,6-8,15H2,1H3/t9-,12-/m0/s1. The van der Waals surface area contributed by atoms with E-state index in [1.54, 1.807) is 4.90 Å². The van der Waals surface area contributed by atoms with Crippen LogP contribution >= 0.6 is 11.6 Å². The van der Waals surface area contributed by atoms with Crippen molar-refractivity contribution in [3.8, 4) is 0 Å². The van der Waals surface area contributed by atoms with Gasteiger partial charge in [0.25, 0.3) is 0 Å². The molecule has 2 N–H and O–H groups in total. The Morgan fingerprint density at radius 2 is 2.28 bits per heavy atom. The fourth-order valence-corrected chi connectivity index (χ4v) is 2.40. The Morgan fingerprint density at radius 3 is 2.94 bits per heavy atom. The Balaban J connectivity index is 2.17. The molecule has 1 aromatic carbocycles. The lowest BCUT2D eigenvalue weighted by Gasteiger charge is -2.38. The lowest BCUT2D eigenvalue weighted by Crippen LogP contribution is -2.50. The minimum absolute atomic E-state index is 0.0274. The number of ether oxygens (including phenoxy) is 1. The monoisotopic (exact) mass is 268 g/mol. The third-order valence-electron chi connectivity index (χ3n) is 3.18. The quantitative estimate of drug-likeness (QED) is 0.886. The van der Waals surface area contributed by atoms with E-state index in [-0.39, 0.29) is 24.6 Å². The maximum absolute atomic E-state index is 11.8. The van der Waals surface area contributed by atoms with Crippen LogP contribution in [0, 0.1) is 0 Å². The van der Waals surface area contributed by atoms with Gasteiger partial charge in [0.1, 0.15) is 6.10 Å². The normalized spacial score (nSPS) is 24.1. The molecule has 1 heterocycles. The van der Waals surface area contributed by atoms with Crippen LogP contribution in [-0.4, -0.2) is 36.5 Å². The van der Waals surface area contributed by atoms with Gasteiger partial charge >= 0.3 is 0 Å². The fraction of sp³-hybridized carbons (Fsp3) is 0.462. The van der Waals surface area contributed by atoms with E-state index < -0.39 is 0 Å². The molecule has 1 amide bonds. The lowest BCUT2D eigenvalue weighted by atomic mass is 10.1. The summed E-state index contributed by atoms with van der Waals surface area (Å²) in [4.78, 5) is 13.5. The highest BCUT2D eigenvalue weighted by molar-refractivity contribution is 6.31. The zero-order valence-electron chi connectivity index (χ0n) is 10.3. The molecule has 0 aromatic heterocycles. The van der Waals surface area contributed by atoms with Crippen LogP contribution in [0.4, 0.5) is 0 Å². The van der Waals surface area contributed by atoms with Crippen molar-refractivity contribution in [2.45, 2.75) is 19.1 Å². The van der Waals surface area contributed by atoms with E-state index >= 15 is 0 Å². The van der Waals surface area contributed by atoms with Crippen LogP contribution in [0.25, 0.3) is 0 Å². The zero-order chi connectivity index (χ0) is 13.1. The number of carbonyl (C=O) groups is 1. The molecule has 1 saturated heterocycles. The second-order valence-corrected chi connectivity index (χ2v) is 4.85. The van der Waals surface area contributed by atoms with Crippen molar-refractivity contribution in [3.63, 3.8) is 0 Å². The molecule has 1 fully saturated rings. The van der Waals surface area contributed by atoms with E-state index in [2.05, 4.69) is 0 Å². The van der Waals surface area contributed by atoms with Crippen LogP contribution in [0.1, 0.15) is 18.6 Å². The summed E-state index contributed by atoms with van der Waals surface area (Å²) >= 11 is 6.15. The first-order chi connectivity index (χ1) is 8.63. The molecular weight excluding hydrogens is 252 g/mol. The van der Waals surface area contributed by atoms with Gasteiger partial charge in [0.2, 0.25) is 5.91 Å². The number of nitrogens with two attached hydrogens (primary N) is 1. The molecule has 2 rings (SSSR count). The van der Waals surface area contributed by atoms with Crippen molar-refractivity contribution >= 4 is 17.5 Å². The molecule has 0 aliphatic carbocycles. The molecule has 2 atom stereocenters. The van der Waals surface area contributed by atoms with Gasteiger partial charge in [-0.3, -0.25) is 4.79 Å². The Bertz CT molecular complexity index is 439. The molecule has 1 aliphatic rings. The molecule has 1 aliphatic heterocycles. The van der Waals surface area contributed by atoms with Gasteiger partial charge in [0, 0.05) is 10.6 Å². The van der Waals surface area contributed by atoms with Crippen LogP contribution in [0.2, 0.25) is 5.02 Å². The van der Waals surface area contributed by atoms with E-state index in [4.69, 9.17) is 22.1 Å². The molecule has 0 radical (unpaired) electrons. The van der Waals surface area contributed by atoms with Gasteiger partial charge in [-0.2, -0.15) is 0 Å². The molecule has 0 bridgehead atoms. The van der Waals surface area contributed by atoms with Gasteiger partial charge in [-0.15, -0.1) is 0 Å². The van der Waals surface area contributed by atoms with E-state index in [1.165, 1.54) is 0 Å². The second-order valence-electron chi connectivity index (χ2n) is 4.44. The first kappa shape index (κ1) is 13.3. The summed E-state index contributed by atoms with van der Waals surface area (Å²) in [6, 6.07) is 7.60. The van der Waals surface area contributed by atoms with Crippen molar-refractivity contribution in [1.82, 2.24) is 4.90 Å². The number of rotatable bonds is 2. The molecule has 18 heavy (non-hydrogen) atoms. The number of amides is 1. The third kappa shape index (κ3) is 2.66. The number of hydrogen-bond acceptors (Lipinski definition) is 3. The van der Waals surface area contributed by atoms with E-state index in [0.29, 0.717) is 18.2 Å². The summed E-state index contributed by atoms with van der Waals surface area (Å²) in [6.07, 6.45) is -0.176. The van der Waals surface area contributed by atoms with Gasteiger partial charge in [-0.05, 0) is 13.0 Å². The Morgan fingerprint density at radius 1 is 1.56 bits per heavy atom. The Kier molecular flexibility index (Phi) is 4.22. The number of hydrogen-bond donors (Lipinski definition) is 1. The summed E-state index contributed by atoms with van der Waals surface area (Å²) in [6.45, 7) is 2.98. The predicted octanol–water partition coefficient (Wildman–Crippen LogP) is 1.59. The Hall–Kier alpha value is -1.10. The Labute approximate surface area is 112 Å². The van der Waals surface area contributed by atoms with E-state index in [9.17, 15) is 4.79 Å². The van der Waals surface area contributed by atoms with Gasteiger partial charge in [0.05, 0.1) is 25.7 Å². The number of benzene rings is 1. The summed E-state index contributed by atoms with van der Waals surface area (Å²) in [5.41, 5.74) is 6.34. The summed E-state index contributed by atoms with van der Waals surface area (Å²) in [5, 5.41) is 0.664. The number of carbonyl (C=O) groups excluding carboxylic acids is 1. The van der Waals surface area contributed by atoms with Crippen LogP contribution in [0.15, 0.2) is 24.3 Å². The molecular formula is C13H17ClN2O2. The van der Waals surface area contributed by atoms with E-state index in [0.717, 1.165) is 5.56 Å². The fourth-order valence-electron chi connectivity index (χ4n) is 2.15. The molecule has 98 valence electrons. The lowest BCUT2D eigenvalue weighted by molar-refractivity contribution is -0.142. The molecule has 4 nitrogen and oxygen atoms in total. The van der Waals surface area contributed by atoms with Crippen LogP contribution in [0.3, 0.4) is 0 Å². The van der Waals surface area contributed by atoms with Gasteiger partial charge < -0.3 is 15.4 Å². The maximum atomic E-state index is 11.8. The average molecular weight is 269 g/mol. The van der Waals surface area contributed by atoms with Gasteiger partial charge in [-0.1, -0.05) is 29.8 Å². The SMILES string of the molecule is C[C@H]1CO[C@H](c2ccccc2Cl)CN1C(=O)CN. The zero-order valence-corrected chi connectivity index (χ0v) is 11.1. The van der Waals surface area contributed by atoms with Crippen molar-refractivity contribution in [2.24, 2.45) is 5.73 Å². The summed E-state index contributed by atoms with van der Waals surface area (Å²) in [7, 11) is 0. The maximum Gasteiger partial charge on any atom is 0.236 e. The highest BCUT2D eigenvalue weighted by Crippen LogP contribution is 2.29. The van der Waals surface area contributed by atoms with Gasteiger partial charge in [-0.25, -0.2) is 0 Å². The highest BCUT2D eigenvalue weighted by atomic mass is 35.5. The average Bonchev–Trinajstić information content (AvgIpc) is 2.39. The number of halogens is 1. The molecule has 0 unspecified atom stereocenters. The largest absolute Gasteiger partial charge is 0.369 e. The summed E-state index contributed by atoms with van der Waals surface area (Å²) < 4.78 is 5.76. The third-order valence-corrected chi connectivity index (χ3v) is 3.52. The van der Waals surface area contributed by atoms with Crippen molar-refractivity contribution in [1.29, 1.82) is 0 Å². The van der Waals surface area contributed by atoms with Crippen LogP contribution < -0.4 is 5.73 Å². The minimum atomic E-state index is -0.176. The van der Waals surface area contributed by atoms with E-state index in [1.807, 2.05) is 31.2 Å². The summed E-state index contributed by atoms with van der Waals surface area (Å²) in [5.74, 6) is -0.0529. The smallest absolute Gasteiger partial charge is 0.236 e. The van der Waals surface area contributed by atoms with Crippen LogP contribution in [0.5, 0.6) is 0 Å². The van der Waals surface area contributed by atoms with Gasteiger partial charge in [0.15, 0.2) is 0 Å². The second kappa shape index (κ2) is 5.69. The molecule has 1 aromatic rings. The van der Waals surface area contributed by atoms with Crippen molar-refractivity contribution in [2.75, 3.05) is 19.7 Å².